The van der Waals surface area contributed by atoms with Crippen molar-refractivity contribution in [3.05, 3.63) is 36.4 Å². The Morgan fingerprint density at radius 1 is 1.53 bits per heavy atom. The molecule has 0 aliphatic rings. The third-order valence-corrected chi connectivity index (χ3v) is 5.67. The molecule has 2 heterocycles. The Labute approximate surface area is 117 Å². The highest BCUT2D eigenvalue weighted by atomic mass is 79.9. The van der Waals surface area contributed by atoms with E-state index in [1.54, 1.807) is 22.7 Å². The fourth-order valence-corrected chi connectivity index (χ4v) is 4.30. The van der Waals surface area contributed by atoms with Crippen LogP contribution in [0, 0.1) is 13.8 Å². The second-order valence-corrected chi connectivity index (χ2v) is 6.89. The summed E-state index contributed by atoms with van der Waals surface area (Å²) in [4.78, 5) is 6.98. The lowest BCUT2D eigenvalue weighted by atomic mass is 10.1. The van der Waals surface area contributed by atoms with Gasteiger partial charge in [0.2, 0.25) is 0 Å². The maximum absolute atomic E-state index is 5.67. The second kappa shape index (κ2) is 5.58. The highest BCUT2D eigenvalue weighted by Crippen LogP contribution is 2.31. The summed E-state index contributed by atoms with van der Waals surface area (Å²) in [5.74, 6) is 5.67. The van der Waals surface area contributed by atoms with Gasteiger partial charge >= 0.3 is 0 Å². The summed E-state index contributed by atoms with van der Waals surface area (Å²) in [6.07, 6.45) is 0.886. The van der Waals surface area contributed by atoms with Gasteiger partial charge in [-0.25, -0.2) is 4.98 Å². The van der Waals surface area contributed by atoms with Crippen molar-refractivity contribution >= 4 is 38.6 Å². The average Bonchev–Trinajstić information content (AvgIpc) is 2.82. The number of thiazole rings is 1. The minimum Gasteiger partial charge on any atom is -0.271 e. The molecule has 0 aromatic carbocycles. The van der Waals surface area contributed by atoms with E-state index in [4.69, 9.17) is 5.84 Å². The largest absolute Gasteiger partial charge is 0.271 e. The summed E-state index contributed by atoms with van der Waals surface area (Å²) in [5.41, 5.74) is 3.97. The number of aryl methyl sites for hydroxylation is 2. The van der Waals surface area contributed by atoms with E-state index in [0.717, 1.165) is 21.6 Å². The predicted octanol–water partition coefficient (Wildman–Crippen LogP) is 3.33. The molecule has 3 N–H and O–H groups in total. The summed E-state index contributed by atoms with van der Waals surface area (Å²) in [6, 6.07) is 2.20. The average molecular weight is 332 g/mol. The number of hydrogen-bond donors (Lipinski definition) is 2. The fourth-order valence-electron chi connectivity index (χ4n) is 1.75. The van der Waals surface area contributed by atoms with Crippen LogP contribution in [0.2, 0.25) is 0 Å². The van der Waals surface area contributed by atoms with Crippen LogP contribution in [0.3, 0.4) is 0 Å². The van der Waals surface area contributed by atoms with Crippen LogP contribution in [0.1, 0.15) is 26.5 Å². The summed E-state index contributed by atoms with van der Waals surface area (Å²) >= 11 is 7.00. The molecule has 6 heteroatoms. The third kappa shape index (κ3) is 2.95. The number of hydrazine groups is 1. The van der Waals surface area contributed by atoms with E-state index in [2.05, 4.69) is 37.8 Å². The van der Waals surface area contributed by atoms with E-state index >= 15 is 0 Å². The van der Waals surface area contributed by atoms with Crippen molar-refractivity contribution in [3.63, 3.8) is 0 Å². The smallest absolute Gasteiger partial charge is 0.0900 e. The van der Waals surface area contributed by atoms with E-state index in [1.807, 2.05) is 13.8 Å². The zero-order chi connectivity index (χ0) is 12.4. The van der Waals surface area contributed by atoms with Crippen LogP contribution in [0.15, 0.2) is 15.9 Å². The number of hydrogen-bond acceptors (Lipinski definition) is 5. The molecule has 0 aliphatic carbocycles. The van der Waals surface area contributed by atoms with E-state index in [0.29, 0.717) is 0 Å². The number of nitrogens with one attached hydrogen (secondary N) is 1. The lowest BCUT2D eigenvalue weighted by Crippen LogP contribution is -2.29. The molecule has 0 amide bonds. The van der Waals surface area contributed by atoms with Gasteiger partial charge < -0.3 is 0 Å². The van der Waals surface area contributed by atoms with E-state index in [9.17, 15) is 0 Å². The molecule has 0 radical (unpaired) electrons. The Balaban J connectivity index is 2.23. The van der Waals surface area contributed by atoms with Crippen LogP contribution in [0.5, 0.6) is 0 Å². The monoisotopic (exact) mass is 331 g/mol. The molecule has 2 aromatic heterocycles. The second-order valence-electron chi connectivity index (χ2n) is 3.80. The Morgan fingerprint density at radius 2 is 2.29 bits per heavy atom. The van der Waals surface area contributed by atoms with Gasteiger partial charge in [0.1, 0.15) is 0 Å². The summed E-state index contributed by atoms with van der Waals surface area (Å²) in [6.45, 7) is 4.06. The van der Waals surface area contributed by atoms with Crippen molar-refractivity contribution in [2.24, 2.45) is 5.84 Å². The molecule has 3 nitrogen and oxygen atoms in total. The van der Waals surface area contributed by atoms with E-state index < -0.39 is 0 Å². The van der Waals surface area contributed by atoms with Crippen molar-refractivity contribution in [3.8, 4) is 0 Å². The Kier molecular flexibility index (Phi) is 4.32. The molecule has 2 aromatic rings. The third-order valence-electron chi connectivity index (χ3n) is 2.54. The van der Waals surface area contributed by atoms with Gasteiger partial charge in [-0.3, -0.25) is 11.3 Å². The summed E-state index contributed by atoms with van der Waals surface area (Å²) in [7, 11) is 0. The van der Waals surface area contributed by atoms with Gasteiger partial charge in [0.15, 0.2) is 0 Å². The molecule has 0 saturated heterocycles. The van der Waals surface area contributed by atoms with Crippen molar-refractivity contribution in [1.29, 1.82) is 0 Å². The Morgan fingerprint density at radius 3 is 2.76 bits per heavy atom. The zero-order valence-corrected chi connectivity index (χ0v) is 12.9. The topological polar surface area (TPSA) is 50.9 Å². The normalized spacial score (nSPS) is 12.9. The molecule has 2 rings (SSSR count). The van der Waals surface area contributed by atoms with Crippen molar-refractivity contribution in [2.75, 3.05) is 0 Å². The number of nitrogens with zero attached hydrogens (tertiary/aromatic N) is 1. The van der Waals surface area contributed by atoms with Crippen molar-refractivity contribution < 1.29 is 0 Å². The number of thiophene rings is 1. The van der Waals surface area contributed by atoms with Gasteiger partial charge in [0.25, 0.3) is 0 Å². The van der Waals surface area contributed by atoms with Crippen LogP contribution < -0.4 is 11.3 Å². The molecule has 0 bridgehead atoms. The minimum absolute atomic E-state index is 0.135. The SMILES string of the molecule is Cc1nc(C)c(C(Cc2sccc2Br)NN)s1. The molecule has 17 heavy (non-hydrogen) atoms. The number of halogens is 1. The quantitative estimate of drug-likeness (QED) is 0.667. The number of rotatable bonds is 4. The van der Waals surface area contributed by atoms with Crippen LogP contribution in [-0.4, -0.2) is 4.98 Å². The minimum atomic E-state index is 0.135. The van der Waals surface area contributed by atoms with Crippen LogP contribution in [0.4, 0.5) is 0 Å². The lowest BCUT2D eigenvalue weighted by molar-refractivity contribution is 0.560. The molecule has 0 fully saturated rings. The summed E-state index contributed by atoms with van der Waals surface area (Å²) in [5, 5.41) is 3.17. The number of nitrogens with two attached hydrogens (primary N) is 1. The predicted molar refractivity (Wildman–Crippen MR) is 77.4 cm³/mol. The molecular weight excluding hydrogens is 318 g/mol. The standard InChI is InChI=1S/C11H14BrN3S2/c1-6-11(17-7(2)14-6)9(15-13)5-10-8(12)3-4-16-10/h3-4,9,15H,5,13H2,1-2H3. The Bertz CT molecular complexity index is 507. The Hall–Kier alpha value is -0.270. The summed E-state index contributed by atoms with van der Waals surface area (Å²) < 4.78 is 1.15. The van der Waals surface area contributed by atoms with Crippen LogP contribution in [-0.2, 0) is 6.42 Å². The van der Waals surface area contributed by atoms with Crippen LogP contribution >= 0.6 is 38.6 Å². The molecule has 0 saturated carbocycles. The fraction of sp³-hybridized carbons (Fsp3) is 0.364. The van der Waals surface area contributed by atoms with Gasteiger partial charge in [-0.05, 0) is 41.2 Å². The van der Waals surface area contributed by atoms with Gasteiger partial charge in [0, 0.05) is 20.6 Å². The molecule has 0 spiro atoms. The molecule has 92 valence electrons. The first-order valence-corrected chi connectivity index (χ1v) is 7.72. The highest BCUT2D eigenvalue weighted by Gasteiger charge is 2.18. The molecule has 1 atom stereocenters. The first-order valence-electron chi connectivity index (χ1n) is 5.23. The number of aromatic nitrogens is 1. The molecular formula is C11H14BrN3S2. The zero-order valence-electron chi connectivity index (χ0n) is 9.66. The van der Waals surface area contributed by atoms with Gasteiger partial charge in [-0.15, -0.1) is 22.7 Å². The highest BCUT2D eigenvalue weighted by molar-refractivity contribution is 9.10. The van der Waals surface area contributed by atoms with Crippen molar-refractivity contribution in [1.82, 2.24) is 10.4 Å². The van der Waals surface area contributed by atoms with Gasteiger partial charge in [-0.1, -0.05) is 0 Å². The van der Waals surface area contributed by atoms with Crippen LogP contribution in [0.25, 0.3) is 0 Å². The van der Waals surface area contributed by atoms with Crippen molar-refractivity contribution in [2.45, 2.75) is 26.3 Å². The lowest BCUT2D eigenvalue weighted by Gasteiger charge is -2.14. The molecule has 0 aliphatic heterocycles. The molecule has 1 unspecified atom stereocenters. The first kappa shape index (κ1) is 13.2. The maximum Gasteiger partial charge on any atom is 0.0900 e. The van der Waals surface area contributed by atoms with Gasteiger partial charge in [-0.2, -0.15) is 0 Å². The first-order chi connectivity index (χ1) is 8.11. The maximum atomic E-state index is 5.67. The van der Waals surface area contributed by atoms with E-state index in [-0.39, 0.29) is 6.04 Å². The van der Waals surface area contributed by atoms with E-state index in [1.165, 1.54) is 9.75 Å². The van der Waals surface area contributed by atoms with Gasteiger partial charge in [0.05, 0.1) is 16.7 Å².